The highest BCUT2D eigenvalue weighted by molar-refractivity contribution is 5.84. The molecule has 0 aliphatic carbocycles. The topological polar surface area (TPSA) is 80.9 Å². The number of rotatable bonds is 2. The van der Waals surface area contributed by atoms with E-state index in [4.69, 9.17) is 5.11 Å². The fourth-order valence-corrected chi connectivity index (χ4v) is 1.48. The van der Waals surface area contributed by atoms with Gasteiger partial charge in [-0.25, -0.2) is 19.4 Å². The molecule has 0 saturated carbocycles. The van der Waals surface area contributed by atoms with Crippen LogP contribution in [0.4, 0.5) is 0 Å². The SMILES string of the molecule is Cc1nn(-c2cnc(C(=O)O)cn2)c(C)c1C. The van der Waals surface area contributed by atoms with Crippen molar-refractivity contribution in [3.8, 4) is 5.82 Å². The van der Waals surface area contributed by atoms with E-state index in [9.17, 15) is 4.79 Å². The zero-order valence-electron chi connectivity index (χ0n) is 9.80. The molecule has 0 unspecified atom stereocenters. The second-order valence-electron chi connectivity index (χ2n) is 3.77. The van der Waals surface area contributed by atoms with Crippen LogP contribution in [0.5, 0.6) is 0 Å². The summed E-state index contributed by atoms with van der Waals surface area (Å²) in [5, 5.41) is 13.0. The van der Waals surface area contributed by atoms with E-state index in [1.54, 1.807) is 4.68 Å². The second-order valence-corrected chi connectivity index (χ2v) is 3.77. The van der Waals surface area contributed by atoms with Crippen molar-refractivity contribution in [1.82, 2.24) is 19.7 Å². The van der Waals surface area contributed by atoms with Crippen LogP contribution in [0.15, 0.2) is 12.4 Å². The van der Waals surface area contributed by atoms with Crippen molar-refractivity contribution >= 4 is 5.97 Å². The van der Waals surface area contributed by atoms with Gasteiger partial charge in [0.1, 0.15) is 0 Å². The van der Waals surface area contributed by atoms with Crippen molar-refractivity contribution in [3.05, 3.63) is 35.0 Å². The summed E-state index contributed by atoms with van der Waals surface area (Å²) < 4.78 is 1.66. The van der Waals surface area contributed by atoms with Crippen molar-refractivity contribution in [3.63, 3.8) is 0 Å². The molecule has 0 aromatic carbocycles. The molecule has 0 aliphatic rings. The molecule has 2 aromatic rings. The van der Waals surface area contributed by atoms with Gasteiger partial charge in [-0.15, -0.1) is 0 Å². The van der Waals surface area contributed by atoms with Gasteiger partial charge in [-0.2, -0.15) is 5.10 Å². The Hall–Kier alpha value is -2.24. The van der Waals surface area contributed by atoms with Gasteiger partial charge in [0.25, 0.3) is 0 Å². The maximum Gasteiger partial charge on any atom is 0.356 e. The highest BCUT2D eigenvalue weighted by Gasteiger charge is 2.11. The first kappa shape index (κ1) is 11.3. The number of carboxylic acid groups (broad SMARTS) is 1. The smallest absolute Gasteiger partial charge is 0.356 e. The molecule has 0 aliphatic heterocycles. The lowest BCUT2D eigenvalue weighted by Gasteiger charge is -2.02. The molecule has 0 amide bonds. The lowest BCUT2D eigenvalue weighted by Crippen LogP contribution is -2.06. The number of aromatic nitrogens is 4. The van der Waals surface area contributed by atoms with E-state index < -0.39 is 5.97 Å². The summed E-state index contributed by atoms with van der Waals surface area (Å²) in [5.41, 5.74) is 2.91. The van der Waals surface area contributed by atoms with E-state index in [1.165, 1.54) is 12.4 Å². The van der Waals surface area contributed by atoms with Crippen molar-refractivity contribution in [2.45, 2.75) is 20.8 Å². The summed E-state index contributed by atoms with van der Waals surface area (Å²) >= 11 is 0. The van der Waals surface area contributed by atoms with Gasteiger partial charge in [-0.1, -0.05) is 0 Å². The number of carboxylic acids is 1. The number of aryl methyl sites for hydroxylation is 1. The molecule has 0 saturated heterocycles. The molecule has 17 heavy (non-hydrogen) atoms. The van der Waals surface area contributed by atoms with Gasteiger partial charge in [-0.3, -0.25) is 0 Å². The summed E-state index contributed by atoms with van der Waals surface area (Å²) in [6, 6.07) is 0. The minimum atomic E-state index is -1.09. The summed E-state index contributed by atoms with van der Waals surface area (Å²) in [5.74, 6) is -0.572. The zero-order chi connectivity index (χ0) is 12.6. The van der Waals surface area contributed by atoms with Crippen molar-refractivity contribution in [2.75, 3.05) is 0 Å². The minimum Gasteiger partial charge on any atom is -0.476 e. The van der Waals surface area contributed by atoms with Crippen LogP contribution in [0.2, 0.25) is 0 Å². The van der Waals surface area contributed by atoms with E-state index in [0.717, 1.165) is 17.0 Å². The normalized spacial score (nSPS) is 10.5. The standard InChI is InChI=1S/C11H12N4O2/c1-6-7(2)14-15(8(6)3)10-5-12-9(4-13-10)11(16)17/h4-5H,1-3H3,(H,16,17). The first-order chi connectivity index (χ1) is 8.00. The first-order valence-electron chi connectivity index (χ1n) is 5.09. The van der Waals surface area contributed by atoms with Crippen LogP contribution in [-0.4, -0.2) is 30.8 Å². The fraction of sp³-hybridized carbons (Fsp3) is 0.273. The molecule has 1 N–H and O–H groups in total. The molecule has 0 fully saturated rings. The van der Waals surface area contributed by atoms with Gasteiger partial charge < -0.3 is 5.11 Å². The summed E-state index contributed by atoms with van der Waals surface area (Å²) in [6.45, 7) is 5.83. The molecule has 0 radical (unpaired) electrons. The number of hydrogen-bond donors (Lipinski definition) is 1. The molecule has 88 valence electrons. The van der Waals surface area contributed by atoms with Crippen LogP contribution in [0, 0.1) is 20.8 Å². The number of aromatic carboxylic acids is 1. The summed E-state index contributed by atoms with van der Waals surface area (Å²) in [6.07, 6.45) is 2.63. The highest BCUT2D eigenvalue weighted by Crippen LogP contribution is 2.14. The van der Waals surface area contributed by atoms with Crippen LogP contribution in [0.3, 0.4) is 0 Å². The van der Waals surface area contributed by atoms with Crippen molar-refractivity contribution < 1.29 is 9.90 Å². The lowest BCUT2D eigenvalue weighted by molar-refractivity contribution is 0.0690. The minimum absolute atomic E-state index is 0.0768. The predicted molar refractivity (Wildman–Crippen MR) is 60.3 cm³/mol. The molecule has 6 heteroatoms. The molecular weight excluding hydrogens is 220 g/mol. The molecule has 0 spiro atoms. The Bertz CT molecular complexity index is 572. The van der Waals surface area contributed by atoms with E-state index in [-0.39, 0.29) is 5.69 Å². The monoisotopic (exact) mass is 232 g/mol. The Morgan fingerprint density at radius 1 is 1.24 bits per heavy atom. The molecule has 2 rings (SSSR count). The van der Waals surface area contributed by atoms with E-state index >= 15 is 0 Å². The zero-order valence-corrected chi connectivity index (χ0v) is 9.80. The van der Waals surface area contributed by atoms with Gasteiger partial charge in [0.05, 0.1) is 18.1 Å². The van der Waals surface area contributed by atoms with Crippen LogP contribution in [0.1, 0.15) is 27.4 Å². The van der Waals surface area contributed by atoms with E-state index in [0.29, 0.717) is 5.82 Å². The molecule has 0 atom stereocenters. The van der Waals surface area contributed by atoms with Crippen LogP contribution >= 0.6 is 0 Å². The van der Waals surface area contributed by atoms with E-state index in [2.05, 4.69) is 15.1 Å². The van der Waals surface area contributed by atoms with Gasteiger partial charge in [0, 0.05) is 5.69 Å². The van der Waals surface area contributed by atoms with Gasteiger partial charge >= 0.3 is 5.97 Å². The second kappa shape index (κ2) is 3.97. The fourth-order valence-electron chi connectivity index (χ4n) is 1.48. The average molecular weight is 232 g/mol. The Balaban J connectivity index is 2.47. The van der Waals surface area contributed by atoms with Gasteiger partial charge in [-0.05, 0) is 26.3 Å². The average Bonchev–Trinajstić information content (AvgIpc) is 2.57. The maximum absolute atomic E-state index is 10.6. The first-order valence-corrected chi connectivity index (χ1v) is 5.09. The lowest BCUT2D eigenvalue weighted by atomic mass is 10.2. The Labute approximate surface area is 98.0 Å². The third-order valence-corrected chi connectivity index (χ3v) is 2.73. The molecule has 0 bridgehead atoms. The number of carbonyl (C=O) groups is 1. The summed E-state index contributed by atoms with van der Waals surface area (Å²) in [7, 11) is 0. The predicted octanol–water partition coefficient (Wildman–Crippen LogP) is 1.29. The van der Waals surface area contributed by atoms with Crippen LogP contribution < -0.4 is 0 Å². The summed E-state index contributed by atoms with van der Waals surface area (Å²) in [4.78, 5) is 18.5. The molecule has 6 nitrogen and oxygen atoms in total. The van der Waals surface area contributed by atoms with Gasteiger partial charge in [0.15, 0.2) is 11.5 Å². The van der Waals surface area contributed by atoms with Gasteiger partial charge in [0.2, 0.25) is 0 Å². The van der Waals surface area contributed by atoms with Crippen molar-refractivity contribution in [2.24, 2.45) is 0 Å². The van der Waals surface area contributed by atoms with Crippen LogP contribution in [-0.2, 0) is 0 Å². The third-order valence-electron chi connectivity index (χ3n) is 2.73. The Morgan fingerprint density at radius 2 is 1.94 bits per heavy atom. The third kappa shape index (κ3) is 1.89. The van der Waals surface area contributed by atoms with Crippen molar-refractivity contribution in [1.29, 1.82) is 0 Å². The molecular formula is C11H12N4O2. The Kier molecular flexibility index (Phi) is 2.63. The maximum atomic E-state index is 10.6. The van der Waals surface area contributed by atoms with E-state index in [1.807, 2.05) is 20.8 Å². The molecule has 2 aromatic heterocycles. The quantitative estimate of drug-likeness (QED) is 0.843. The van der Waals surface area contributed by atoms with Crippen LogP contribution in [0.25, 0.3) is 5.82 Å². The largest absolute Gasteiger partial charge is 0.476 e. The highest BCUT2D eigenvalue weighted by atomic mass is 16.4. The Morgan fingerprint density at radius 3 is 2.35 bits per heavy atom. The molecule has 2 heterocycles. The number of hydrogen-bond acceptors (Lipinski definition) is 4. The number of nitrogens with zero attached hydrogens (tertiary/aromatic N) is 4.